The zero-order valence-corrected chi connectivity index (χ0v) is 19.6. The Kier molecular flexibility index (Phi) is 5.51. The van der Waals surface area contributed by atoms with Crippen molar-refractivity contribution in [1.29, 1.82) is 0 Å². The van der Waals surface area contributed by atoms with Crippen molar-refractivity contribution in [3.8, 4) is 11.5 Å². The van der Waals surface area contributed by atoms with Crippen LogP contribution in [-0.2, 0) is 11.2 Å². The van der Waals surface area contributed by atoms with Crippen LogP contribution in [0.25, 0.3) is 0 Å². The first kappa shape index (κ1) is 22.6. The van der Waals surface area contributed by atoms with Gasteiger partial charge in [0.05, 0.1) is 16.7 Å². The van der Waals surface area contributed by atoms with Crippen molar-refractivity contribution in [2.24, 2.45) is 5.10 Å². The lowest BCUT2D eigenvalue weighted by Gasteiger charge is -2.27. The Labute approximate surface area is 192 Å². The van der Waals surface area contributed by atoms with E-state index in [-0.39, 0.29) is 23.4 Å². The van der Waals surface area contributed by atoms with Crippen molar-refractivity contribution in [3.05, 3.63) is 62.2 Å². The number of hydrogen-bond acceptors (Lipinski definition) is 7. The molecule has 9 heteroatoms. The van der Waals surface area contributed by atoms with E-state index in [9.17, 15) is 14.9 Å². The summed E-state index contributed by atoms with van der Waals surface area (Å²) >= 11 is 0. The van der Waals surface area contributed by atoms with E-state index in [0.717, 1.165) is 11.1 Å². The standard InChI is InChI=1S/C24H27N3O6/c1-13-7-17(8-14(2)22(13)27(29)30)21-18-11-20-19(31-12-32-20)10-16(18)9-15(3)26(25-21)23(28)33-24(4,5)6/h7-8,10-11,15H,9,12H2,1-6H3/t15-/m1/s1. The van der Waals surface area contributed by atoms with E-state index in [4.69, 9.17) is 19.3 Å². The van der Waals surface area contributed by atoms with Gasteiger partial charge in [0.25, 0.3) is 5.69 Å². The summed E-state index contributed by atoms with van der Waals surface area (Å²) in [7, 11) is 0. The number of benzene rings is 2. The normalized spacial score (nSPS) is 17.2. The summed E-state index contributed by atoms with van der Waals surface area (Å²) in [6, 6.07) is 6.92. The zero-order valence-electron chi connectivity index (χ0n) is 19.6. The second kappa shape index (κ2) is 8.06. The smallest absolute Gasteiger partial charge is 0.431 e. The van der Waals surface area contributed by atoms with Crippen LogP contribution in [-0.4, -0.2) is 40.2 Å². The molecule has 0 spiro atoms. The molecule has 0 bridgehead atoms. The quantitative estimate of drug-likeness (QED) is 0.474. The first-order chi connectivity index (χ1) is 15.4. The molecule has 9 nitrogen and oxygen atoms in total. The number of carbonyl (C=O) groups is 1. The molecule has 0 fully saturated rings. The van der Waals surface area contributed by atoms with Gasteiger partial charge in [-0.25, -0.2) is 4.79 Å². The van der Waals surface area contributed by atoms with Gasteiger partial charge in [-0.05, 0) is 77.8 Å². The van der Waals surface area contributed by atoms with Gasteiger partial charge in [0.2, 0.25) is 6.79 Å². The fraction of sp³-hybridized carbons (Fsp3) is 0.417. The molecule has 0 saturated carbocycles. The Balaban J connectivity index is 1.91. The molecule has 0 radical (unpaired) electrons. The third-order valence-corrected chi connectivity index (χ3v) is 5.52. The second-order valence-corrected chi connectivity index (χ2v) is 9.41. The molecular weight excluding hydrogens is 426 g/mol. The molecule has 0 unspecified atom stereocenters. The summed E-state index contributed by atoms with van der Waals surface area (Å²) in [6.45, 7) is 10.8. The lowest BCUT2D eigenvalue weighted by atomic mass is 9.92. The van der Waals surface area contributed by atoms with Crippen LogP contribution in [0.15, 0.2) is 29.4 Å². The highest BCUT2D eigenvalue weighted by molar-refractivity contribution is 6.15. The molecule has 33 heavy (non-hydrogen) atoms. The summed E-state index contributed by atoms with van der Waals surface area (Å²) in [4.78, 5) is 24.2. The Morgan fingerprint density at radius 1 is 1.15 bits per heavy atom. The van der Waals surface area contributed by atoms with Crippen molar-refractivity contribution in [2.75, 3.05) is 6.79 Å². The SMILES string of the molecule is Cc1cc(C2=NN(C(=O)OC(C)(C)C)[C@H](C)Cc3cc4c(cc32)OCO4)cc(C)c1[N+](=O)[O-]. The van der Waals surface area contributed by atoms with E-state index in [2.05, 4.69) is 0 Å². The van der Waals surface area contributed by atoms with Crippen molar-refractivity contribution in [2.45, 2.75) is 59.6 Å². The van der Waals surface area contributed by atoms with Gasteiger partial charge in [0.15, 0.2) is 11.5 Å². The van der Waals surface area contributed by atoms with E-state index in [0.29, 0.717) is 40.3 Å². The minimum Gasteiger partial charge on any atom is -0.454 e. The minimum absolute atomic E-state index is 0.0660. The first-order valence-corrected chi connectivity index (χ1v) is 10.7. The van der Waals surface area contributed by atoms with E-state index >= 15 is 0 Å². The predicted octanol–water partition coefficient (Wildman–Crippen LogP) is 4.87. The van der Waals surface area contributed by atoms with E-state index in [1.807, 2.05) is 19.1 Å². The monoisotopic (exact) mass is 453 g/mol. The Hall–Kier alpha value is -3.62. The molecular formula is C24H27N3O6. The first-order valence-electron chi connectivity index (χ1n) is 10.7. The van der Waals surface area contributed by atoms with E-state index < -0.39 is 11.7 Å². The van der Waals surface area contributed by atoms with Crippen LogP contribution in [0.3, 0.4) is 0 Å². The molecule has 1 atom stereocenters. The highest BCUT2D eigenvalue weighted by Crippen LogP contribution is 2.38. The Bertz CT molecular complexity index is 1160. The minimum atomic E-state index is -0.685. The maximum Gasteiger partial charge on any atom is 0.431 e. The van der Waals surface area contributed by atoms with Crippen LogP contribution in [0.1, 0.15) is 55.5 Å². The van der Waals surface area contributed by atoms with Crippen LogP contribution in [0, 0.1) is 24.0 Å². The van der Waals surface area contributed by atoms with Crippen LogP contribution in [0.5, 0.6) is 11.5 Å². The number of hydrazone groups is 1. The molecule has 2 aliphatic rings. The maximum absolute atomic E-state index is 13.0. The second-order valence-electron chi connectivity index (χ2n) is 9.41. The summed E-state index contributed by atoms with van der Waals surface area (Å²) in [5.74, 6) is 1.23. The van der Waals surface area contributed by atoms with Gasteiger partial charge in [-0.1, -0.05) is 0 Å². The number of carbonyl (C=O) groups excluding carboxylic acids is 1. The van der Waals surface area contributed by atoms with Crippen LogP contribution in [0.2, 0.25) is 0 Å². The zero-order chi connectivity index (χ0) is 24.1. The maximum atomic E-state index is 13.0. The predicted molar refractivity (Wildman–Crippen MR) is 122 cm³/mol. The number of fused-ring (bicyclic) bond motifs is 2. The summed E-state index contributed by atoms with van der Waals surface area (Å²) in [6.07, 6.45) is -0.0425. The van der Waals surface area contributed by atoms with Crippen LogP contribution < -0.4 is 9.47 Å². The molecule has 0 saturated heterocycles. The highest BCUT2D eigenvalue weighted by Gasteiger charge is 2.32. The number of hydrogen-bond donors (Lipinski definition) is 0. The molecule has 2 aromatic rings. The summed E-state index contributed by atoms with van der Waals surface area (Å²) in [5.41, 5.74) is 3.31. The van der Waals surface area contributed by atoms with Crippen molar-refractivity contribution in [1.82, 2.24) is 5.01 Å². The number of amides is 1. The van der Waals surface area contributed by atoms with Crippen LogP contribution >= 0.6 is 0 Å². The van der Waals surface area contributed by atoms with Gasteiger partial charge in [0, 0.05) is 22.3 Å². The molecule has 1 amide bonds. The number of rotatable bonds is 2. The fourth-order valence-corrected chi connectivity index (χ4v) is 4.16. The van der Waals surface area contributed by atoms with Gasteiger partial charge in [-0.15, -0.1) is 0 Å². The number of nitro groups is 1. The number of ether oxygens (including phenoxy) is 3. The molecule has 174 valence electrons. The van der Waals surface area contributed by atoms with Gasteiger partial charge < -0.3 is 14.2 Å². The molecule has 0 aliphatic carbocycles. The topological polar surface area (TPSA) is 104 Å². The lowest BCUT2D eigenvalue weighted by molar-refractivity contribution is -0.386. The lowest BCUT2D eigenvalue weighted by Crippen LogP contribution is -2.39. The van der Waals surface area contributed by atoms with Crippen molar-refractivity contribution in [3.63, 3.8) is 0 Å². The van der Waals surface area contributed by atoms with Crippen molar-refractivity contribution < 1.29 is 23.9 Å². The van der Waals surface area contributed by atoms with E-state index in [1.54, 1.807) is 46.8 Å². The highest BCUT2D eigenvalue weighted by atomic mass is 16.7. The average Bonchev–Trinajstić information content (AvgIpc) is 3.07. The van der Waals surface area contributed by atoms with Crippen molar-refractivity contribution >= 4 is 17.5 Å². The number of nitro benzene ring substituents is 1. The molecule has 0 N–H and O–H groups in total. The van der Waals surface area contributed by atoms with Gasteiger partial charge >= 0.3 is 6.09 Å². The molecule has 0 aromatic heterocycles. The molecule has 2 aromatic carbocycles. The summed E-state index contributed by atoms with van der Waals surface area (Å²) < 4.78 is 16.7. The fourth-order valence-electron chi connectivity index (χ4n) is 4.16. The van der Waals surface area contributed by atoms with Gasteiger partial charge in [-0.3, -0.25) is 10.1 Å². The Morgan fingerprint density at radius 2 is 1.76 bits per heavy atom. The third kappa shape index (κ3) is 4.35. The summed E-state index contributed by atoms with van der Waals surface area (Å²) in [5, 5.41) is 17.6. The molecule has 4 rings (SSSR count). The number of nitrogens with zero attached hydrogens (tertiary/aromatic N) is 3. The number of aryl methyl sites for hydroxylation is 2. The van der Waals surface area contributed by atoms with Crippen LogP contribution in [0.4, 0.5) is 10.5 Å². The van der Waals surface area contributed by atoms with Gasteiger partial charge in [-0.2, -0.15) is 10.1 Å². The molecule has 2 heterocycles. The third-order valence-electron chi connectivity index (χ3n) is 5.52. The van der Waals surface area contributed by atoms with E-state index in [1.165, 1.54) is 5.01 Å². The average molecular weight is 453 g/mol. The van der Waals surface area contributed by atoms with Gasteiger partial charge in [0.1, 0.15) is 5.60 Å². The largest absolute Gasteiger partial charge is 0.454 e. The Morgan fingerprint density at radius 3 is 2.33 bits per heavy atom. The molecule has 2 aliphatic heterocycles.